The van der Waals surface area contributed by atoms with Crippen LogP contribution in [-0.4, -0.2) is 17.9 Å². The van der Waals surface area contributed by atoms with Crippen LogP contribution in [0.15, 0.2) is 30.3 Å². The molecule has 0 saturated heterocycles. The molecule has 3 heteroatoms. The highest BCUT2D eigenvalue weighted by Crippen LogP contribution is 2.23. The summed E-state index contributed by atoms with van der Waals surface area (Å²) in [5.41, 5.74) is 1.36. The highest BCUT2D eigenvalue weighted by molar-refractivity contribution is 9.09. The molecule has 0 aliphatic heterocycles. The summed E-state index contributed by atoms with van der Waals surface area (Å²) in [4.78, 5) is 11.5. The molecule has 0 aliphatic carbocycles. The second-order valence-electron chi connectivity index (χ2n) is 4.93. The fraction of sp³-hybridized carbons (Fsp3) is 0.562. The predicted molar refractivity (Wildman–Crippen MR) is 82.5 cm³/mol. The molecule has 0 N–H and O–H groups in total. The van der Waals surface area contributed by atoms with Gasteiger partial charge in [0.25, 0.3) is 0 Å². The lowest BCUT2D eigenvalue weighted by atomic mass is 9.88. The third-order valence-corrected chi connectivity index (χ3v) is 4.30. The van der Waals surface area contributed by atoms with Crippen molar-refractivity contribution in [1.29, 1.82) is 0 Å². The Kier molecular flexibility index (Phi) is 7.80. The molecular formula is C16H23BrO2. The Morgan fingerprint density at radius 3 is 2.58 bits per heavy atom. The fourth-order valence-electron chi connectivity index (χ4n) is 2.12. The van der Waals surface area contributed by atoms with E-state index in [1.807, 2.05) is 13.0 Å². The van der Waals surface area contributed by atoms with E-state index in [1.54, 1.807) is 0 Å². The van der Waals surface area contributed by atoms with Gasteiger partial charge in [-0.05, 0) is 37.2 Å². The Balaban J connectivity index is 2.41. The number of rotatable bonds is 8. The first-order valence-electron chi connectivity index (χ1n) is 6.92. The largest absolute Gasteiger partial charge is 0.466 e. The zero-order valence-corrected chi connectivity index (χ0v) is 13.4. The lowest BCUT2D eigenvalue weighted by molar-refractivity contribution is -0.144. The standard InChI is InChI=1S/C16H23BrO2/c1-3-19-16(18)11-15(12-17)13(2)9-10-14-7-5-4-6-8-14/h4-8,13,15H,3,9-12H2,1-2H3/t13?,15-/m0/s1. The van der Waals surface area contributed by atoms with Gasteiger partial charge in [-0.1, -0.05) is 53.2 Å². The molecule has 0 fully saturated rings. The van der Waals surface area contributed by atoms with Crippen LogP contribution >= 0.6 is 15.9 Å². The number of carbonyl (C=O) groups excluding carboxylic acids is 1. The van der Waals surface area contributed by atoms with E-state index in [0.29, 0.717) is 24.9 Å². The van der Waals surface area contributed by atoms with Crippen LogP contribution in [0.25, 0.3) is 0 Å². The Morgan fingerprint density at radius 2 is 2.00 bits per heavy atom. The van der Waals surface area contributed by atoms with E-state index in [-0.39, 0.29) is 5.97 Å². The van der Waals surface area contributed by atoms with Gasteiger partial charge in [-0.2, -0.15) is 0 Å². The van der Waals surface area contributed by atoms with Crippen molar-refractivity contribution in [2.45, 2.75) is 33.1 Å². The van der Waals surface area contributed by atoms with Crippen molar-refractivity contribution < 1.29 is 9.53 Å². The Labute approximate surface area is 124 Å². The summed E-state index contributed by atoms with van der Waals surface area (Å²) in [6.07, 6.45) is 2.67. The zero-order chi connectivity index (χ0) is 14.1. The first kappa shape index (κ1) is 16.2. The summed E-state index contributed by atoms with van der Waals surface area (Å²) in [6.45, 7) is 4.53. The first-order chi connectivity index (χ1) is 9.17. The van der Waals surface area contributed by atoms with Crippen LogP contribution in [0.5, 0.6) is 0 Å². The molecule has 0 amide bonds. The molecule has 0 saturated carbocycles. The van der Waals surface area contributed by atoms with E-state index in [9.17, 15) is 4.79 Å². The number of benzene rings is 1. The number of halogens is 1. The second-order valence-corrected chi connectivity index (χ2v) is 5.57. The summed E-state index contributed by atoms with van der Waals surface area (Å²) in [6, 6.07) is 10.5. The SMILES string of the molecule is CCOC(=O)C[C@@H](CBr)C(C)CCc1ccccc1. The van der Waals surface area contributed by atoms with Crippen LogP contribution in [0.4, 0.5) is 0 Å². The Bertz CT molecular complexity index is 364. The normalized spacial score (nSPS) is 13.8. The summed E-state index contributed by atoms with van der Waals surface area (Å²) in [5.74, 6) is 0.769. The molecule has 1 unspecified atom stereocenters. The third kappa shape index (κ3) is 6.24. The molecule has 2 atom stereocenters. The van der Waals surface area contributed by atoms with Crippen LogP contribution in [0, 0.1) is 11.8 Å². The van der Waals surface area contributed by atoms with Gasteiger partial charge in [0.2, 0.25) is 0 Å². The minimum absolute atomic E-state index is 0.0847. The van der Waals surface area contributed by atoms with Crippen LogP contribution in [-0.2, 0) is 16.0 Å². The number of esters is 1. The third-order valence-electron chi connectivity index (χ3n) is 3.47. The summed E-state index contributed by atoms with van der Waals surface area (Å²) in [5, 5.41) is 0.849. The van der Waals surface area contributed by atoms with Gasteiger partial charge < -0.3 is 4.74 Å². The highest BCUT2D eigenvalue weighted by Gasteiger charge is 2.20. The number of hydrogen-bond donors (Lipinski definition) is 0. The molecule has 2 nitrogen and oxygen atoms in total. The highest BCUT2D eigenvalue weighted by atomic mass is 79.9. The van der Waals surface area contributed by atoms with Gasteiger partial charge in [0.15, 0.2) is 0 Å². The molecule has 1 rings (SSSR count). The van der Waals surface area contributed by atoms with Crippen molar-refractivity contribution in [2.24, 2.45) is 11.8 Å². The number of hydrogen-bond acceptors (Lipinski definition) is 2. The molecule has 0 aromatic heterocycles. The maximum absolute atomic E-state index is 11.5. The van der Waals surface area contributed by atoms with E-state index < -0.39 is 0 Å². The number of alkyl halides is 1. The van der Waals surface area contributed by atoms with E-state index in [2.05, 4.69) is 47.1 Å². The minimum atomic E-state index is -0.0847. The number of ether oxygens (including phenoxy) is 1. The topological polar surface area (TPSA) is 26.3 Å². The molecule has 0 bridgehead atoms. The van der Waals surface area contributed by atoms with Crippen LogP contribution in [0.1, 0.15) is 32.3 Å². The smallest absolute Gasteiger partial charge is 0.306 e. The quantitative estimate of drug-likeness (QED) is 0.528. The summed E-state index contributed by atoms with van der Waals surface area (Å²) in [7, 11) is 0. The maximum Gasteiger partial charge on any atom is 0.306 e. The average molecular weight is 327 g/mol. The molecule has 19 heavy (non-hydrogen) atoms. The van der Waals surface area contributed by atoms with E-state index in [4.69, 9.17) is 4.74 Å². The van der Waals surface area contributed by atoms with Gasteiger partial charge in [-0.25, -0.2) is 0 Å². The lowest BCUT2D eigenvalue weighted by Crippen LogP contribution is -2.19. The van der Waals surface area contributed by atoms with Gasteiger partial charge in [-0.15, -0.1) is 0 Å². The van der Waals surface area contributed by atoms with Crippen molar-refractivity contribution >= 4 is 21.9 Å². The fourth-order valence-corrected chi connectivity index (χ4v) is 2.98. The van der Waals surface area contributed by atoms with Gasteiger partial charge in [0.05, 0.1) is 6.61 Å². The van der Waals surface area contributed by atoms with Crippen LogP contribution in [0.2, 0.25) is 0 Å². The number of carbonyl (C=O) groups is 1. The van der Waals surface area contributed by atoms with Crippen molar-refractivity contribution in [3.63, 3.8) is 0 Å². The first-order valence-corrected chi connectivity index (χ1v) is 8.05. The van der Waals surface area contributed by atoms with Crippen molar-refractivity contribution in [1.82, 2.24) is 0 Å². The lowest BCUT2D eigenvalue weighted by Gasteiger charge is -2.21. The molecule has 1 aromatic rings. The van der Waals surface area contributed by atoms with Crippen molar-refractivity contribution in [2.75, 3.05) is 11.9 Å². The second kappa shape index (κ2) is 9.13. The molecule has 0 spiro atoms. The van der Waals surface area contributed by atoms with Gasteiger partial charge >= 0.3 is 5.97 Å². The molecular weight excluding hydrogens is 304 g/mol. The molecule has 0 heterocycles. The maximum atomic E-state index is 11.5. The van der Waals surface area contributed by atoms with Crippen molar-refractivity contribution in [3.05, 3.63) is 35.9 Å². The summed E-state index contributed by atoms with van der Waals surface area (Å²) < 4.78 is 5.03. The molecule has 1 aromatic carbocycles. The van der Waals surface area contributed by atoms with Gasteiger partial charge in [-0.3, -0.25) is 4.79 Å². The molecule has 0 aliphatic rings. The van der Waals surface area contributed by atoms with E-state index in [0.717, 1.165) is 18.2 Å². The Hall–Kier alpha value is -0.830. The van der Waals surface area contributed by atoms with Gasteiger partial charge in [0.1, 0.15) is 0 Å². The molecule has 0 radical (unpaired) electrons. The van der Waals surface area contributed by atoms with Crippen molar-refractivity contribution in [3.8, 4) is 0 Å². The monoisotopic (exact) mass is 326 g/mol. The minimum Gasteiger partial charge on any atom is -0.466 e. The number of aryl methyl sites for hydroxylation is 1. The van der Waals surface area contributed by atoms with Crippen LogP contribution < -0.4 is 0 Å². The van der Waals surface area contributed by atoms with Crippen LogP contribution in [0.3, 0.4) is 0 Å². The molecule has 106 valence electrons. The summed E-state index contributed by atoms with van der Waals surface area (Å²) >= 11 is 3.51. The van der Waals surface area contributed by atoms with E-state index >= 15 is 0 Å². The zero-order valence-electron chi connectivity index (χ0n) is 11.8. The van der Waals surface area contributed by atoms with E-state index in [1.165, 1.54) is 5.56 Å². The van der Waals surface area contributed by atoms with Gasteiger partial charge in [0, 0.05) is 11.8 Å². The predicted octanol–water partition coefficient (Wildman–Crippen LogP) is 4.22. The Morgan fingerprint density at radius 1 is 1.32 bits per heavy atom. The average Bonchev–Trinajstić information content (AvgIpc) is 2.43.